The summed E-state index contributed by atoms with van der Waals surface area (Å²) in [6.45, 7) is 10.1. The first-order valence-corrected chi connectivity index (χ1v) is 10.8. The van der Waals surface area contributed by atoms with E-state index < -0.39 is 11.6 Å². The second kappa shape index (κ2) is 10.4. The molecule has 0 saturated carbocycles. The van der Waals surface area contributed by atoms with Gasteiger partial charge in [-0.1, -0.05) is 5.21 Å². The number of carboxylic acid groups (broad SMARTS) is 1. The second-order valence-electron chi connectivity index (χ2n) is 8.73. The van der Waals surface area contributed by atoms with Crippen LogP contribution in [-0.2, 0) is 16.0 Å². The molecule has 3 rings (SSSR count). The molecular formula is C22H31N5O5. The van der Waals surface area contributed by atoms with E-state index in [2.05, 4.69) is 15.2 Å². The number of aliphatic carboxylic acids is 1. The lowest BCUT2D eigenvalue weighted by molar-refractivity contribution is -0.136. The quantitative estimate of drug-likeness (QED) is 0.616. The summed E-state index contributed by atoms with van der Waals surface area (Å²) >= 11 is 0. The molecule has 1 aromatic carbocycles. The lowest BCUT2D eigenvalue weighted by atomic mass is 10.2. The first kappa shape index (κ1) is 23.5. The van der Waals surface area contributed by atoms with Gasteiger partial charge in [0, 0.05) is 32.7 Å². The van der Waals surface area contributed by atoms with E-state index in [4.69, 9.17) is 14.6 Å². The van der Waals surface area contributed by atoms with Gasteiger partial charge < -0.3 is 19.5 Å². The van der Waals surface area contributed by atoms with Crippen molar-refractivity contribution in [1.82, 2.24) is 24.8 Å². The number of carbonyl (C=O) groups excluding carboxylic acids is 1. The molecule has 1 N–H and O–H groups in total. The maximum absolute atomic E-state index is 12.1. The number of benzene rings is 1. The number of hydrogen-bond donors (Lipinski definition) is 1. The number of carboxylic acids is 1. The van der Waals surface area contributed by atoms with Crippen molar-refractivity contribution in [2.24, 2.45) is 0 Å². The van der Waals surface area contributed by atoms with Crippen LogP contribution in [0.15, 0.2) is 30.5 Å². The second-order valence-corrected chi connectivity index (χ2v) is 8.73. The molecule has 10 heteroatoms. The highest BCUT2D eigenvalue weighted by Crippen LogP contribution is 2.16. The summed E-state index contributed by atoms with van der Waals surface area (Å²) in [6, 6.07) is 7.41. The van der Waals surface area contributed by atoms with Gasteiger partial charge in [0.05, 0.1) is 30.6 Å². The fourth-order valence-corrected chi connectivity index (χ4v) is 3.31. The molecule has 1 fully saturated rings. The van der Waals surface area contributed by atoms with Crippen LogP contribution in [0.1, 0.15) is 32.9 Å². The molecule has 174 valence electrons. The third-order valence-electron chi connectivity index (χ3n) is 4.89. The lowest BCUT2D eigenvalue weighted by Crippen LogP contribution is -2.50. The van der Waals surface area contributed by atoms with E-state index in [0.29, 0.717) is 25.4 Å². The summed E-state index contributed by atoms with van der Waals surface area (Å²) in [7, 11) is 0. The molecule has 10 nitrogen and oxygen atoms in total. The summed E-state index contributed by atoms with van der Waals surface area (Å²) in [6.07, 6.45) is 2.09. The van der Waals surface area contributed by atoms with Gasteiger partial charge in [0.2, 0.25) is 0 Å². The molecule has 32 heavy (non-hydrogen) atoms. The van der Waals surface area contributed by atoms with Crippen molar-refractivity contribution in [3.8, 4) is 11.4 Å². The van der Waals surface area contributed by atoms with E-state index in [1.807, 2.05) is 45.0 Å². The van der Waals surface area contributed by atoms with E-state index in [-0.39, 0.29) is 12.5 Å². The number of ether oxygens (including phenoxy) is 2. The van der Waals surface area contributed by atoms with Gasteiger partial charge >= 0.3 is 12.1 Å². The SMILES string of the molecule is CC(C)(C)OC(=O)N1CCN(CCCOc2ccc(-n3cc(CC(=O)O)nn3)cc2)CC1. The van der Waals surface area contributed by atoms with Gasteiger partial charge in [0.25, 0.3) is 0 Å². The first-order valence-electron chi connectivity index (χ1n) is 10.8. The molecule has 2 heterocycles. The average Bonchev–Trinajstić information content (AvgIpc) is 3.18. The topological polar surface area (TPSA) is 110 Å². The van der Waals surface area contributed by atoms with Crippen molar-refractivity contribution in [3.05, 3.63) is 36.2 Å². The Labute approximate surface area is 187 Å². The van der Waals surface area contributed by atoms with Gasteiger partial charge in [-0.3, -0.25) is 9.69 Å². The number of rotatable bonds is 8. The van der Waals surface area contributed by atoms with E-state index in [1.54, 1.807) is 15.8 Å². The molecule has 0 bridgehead atoms. The van der Waals surface area contributed by atoms with Crippen LogP contribution in [0.25, 0.3) is 5.69 Å². The molecule has 0 radical (unpaired) electrons. The van der Waals surface area contributed by atoms with Gasteiger partial charge in [0.1, 0.15) is 11.4 Å². The maximum atomic E-state index is 12.1. The normalized spacial score (nSPS) is 14.9. The molecule has 1 amide bonds. The molecule has 1 aromatic heterocycles. The Kier molecular flexibility index (Phi) is 7.68. The zero-order chi connectivity index (χ0) is 23.1. The van der Waals surface area contributed by atoms with Crippen molar-refractivity contribution in [2.75, 3.05) is 39.3 Å². The Bertz CT molecular complexity index is 898. The molecule has 1 saturated heterocycles. The highest BCUT2D eigenvalue weighted by Gasteiger charge is 2.25. The Morgan fingerprint density at radius 1 is 1.09 bits per heavy atom. The summed E-state index contributed by atoms with van der Waals surface area (Å²) in [4.78, 5) is 27.0. The highest BCUT2D eigenvalue weighted by molar-refractivity contribution is 5.69. The van der Waals surface area contributed by atoms with Crippen LogP contribution in [-0.4, -0.2) is 86.9 Å². The predicted molar refractivity (Wildman–Crippen MR) is 117 cm³/mol. The van der Waals surface area contributed by atoms with Crippen LogP contribution in [0.4, 0.5) is 4.79 Å². The smallest absolute Gasteiger partial charge is 0.410 e. The van der Waals surface area contributed by atoms with E-state index in [9.17, 15) is 9.59 Å². The van der Waals surface area contributed by atoms with Gasteiger partial charge in [-0.2, -0.15) is 0 Å². The summed E-state index contributed by atoms with van der Waals surface area (Å²) in [5.74, 6) is -0.180. The van der Waals surface area contributed by atoms with Crippen molar-refractivity contribution in [2.45, 2.75) is 39.2 Å². The number of piperazine rings is 1. The van der Waals surface area contributed by atoms with Crippen molar-refractivity contribution >= 4 is 12.1 Å². The molecule has 1 aliphatic heterocycles. The number of nitrogens with zero attached hydrogens (tertiary/aromatic N) is 5. The van der Waals surface area contributed by atoms with Crippen LogP contribution < -0.4 is 4.74 Å². The summed E-state index contributed by atoms with van der Waals surface area (Å²) in [5.41, 5.74) is 0.719. The number of carbonyl (C=O) groups is 2. The van der Waals surface area contributed by atoms with E-state index in [1.165, 1.54) is 0 Å². The number of hydrogen-bond acceptors (Lipinski definition) is 7. The van der Waals surface area contributed by atoms with E-state index >= 15 is 0 Å². The maximum Gasteiger partial charge on any atom is 0.410 e. The largest absolute Gasteiger partial charge is 0.494 e. The molecule has 2 aromatic rings. The minimum absolute atomic E-state index is 0.156. The van der Waals surface area contributed by atoms with Gasteiger partial charge in [-0.05, 0) is 51.5 Å². The van der Waals surface area contributed by atoms with Crippen molar-refractivity contribution in [3.63, 3.8) is 0 Å². The minimum atomic E-state index is -0.939. The molecule has 0 unspecified atom stereocenters. The molecule has 0 atom stereocenters. The highest BCUT2D eigenvalue weighted by atomic mass is 16.6. The third-order valence-corrected chi connectivity index (χ3v) is 4.89. The lowest BCUT2D eigenvalue weighted by Gasteiger charge is -2.35. The Morgan fingerprint density at radius 2 is 1.78 bits per heavy atom. The van der Waals surface area contributed by atoms with Crippen LogP contribution >= 0.6 is 0 Å². The fraction of sp³-hybridized carbons (Fsp3) is 0.545. The average molecular weight is 446 g/mol. The summed E-state index contributed by atoms with van der Waals surface area (Å²) in [5, 5.41) is 16.6. The number of aromatic nitrogens is 3. The molecule has 0 aliphatic carbocycles. The standard InChI is InChI=1S/C22H31N5O5/c1-22(2,3)32-21(30)26-12-10-25(11-13-26)9-4-14-31-19-7-5-18(6-8-19)27-16-17(23-24-27)15-20(28)29/h5-8,16H,4,9-15H2,1-3H3,(H,28,29). The monoisotopic (exact) mass is 445 g/mol. The zero-order valence-electron chi connectivity index (χ0n) is 18.9. The summed E-state index contributed by atoms with van der Waals surface area (Å²) < 4.78 is 12.8. The molecule has 1 aliphatic rings. The number of amides is 1. The Balaban J connectivity index is 1.35. The van der Waals surface area contributed by atoms with Crippen LogP contribution in [0.5, 0.6) is 5.75 Å². The van der Waals surface area contributed by atoms with Crippen LogP contribution in [0, 0.1) is 0 Å². The van der Waals surface area contributed by atoms with Crippen LogP contribution in [0.2, 0.25) is 0 Å². The Hall–Kier alpha value is -3.14. The fourth-order valence-electron chi connectivity index (χ4n) is 3.31. The molecule has 0 spiro atoms. The predicted octanol–water partition coefficient (Wildman–Crippen LogP) is 2.22. The minimum Gasteiger partial charge on any atom is -0.494 e. The van der Waals surface area contributed by atoms with Crippen LogP contribution in [0.3, 0.4) is 0 Å². The first-order chi connectivity index (χ1) is 15.2. The van der Waals surface area contributed by atoms with Gasteiger partial charge in [-0.15, -0.1) is 5.10 Å². The van der Waals surface area contributed by atoms with Crippen molar-refractivity contribution in [1.29, 1.82) is 0 Å². The van der Waals surface area contributed by atoms with Gasteiger partial charge in [0.15, 0.2) is 0 Å². The molecular weight excluding hydrogens is 414 g/mol. The third kappa shape index (κ3) is 7.23. The van der Waals surface area contributed by atoms with Crippen molar-refractivity contribution < 1.29 is 24.2 Å². The van der Waals surface area contributed by atoms with E-state index in [0.717, 1.165) is 37.5 Å². The van der Waals surface area contributed by atoms with Gasteiger partial charge in [-0.25, -0.2) is 9.48 Å². The zero-order valence-corrected chi connectivity index (χ0v) is 18.9. The Morgan fingerprint density at radius 3 is 2.41 bits per heavy atom.